The molecule has 0 amide bonds. The summed E-state index contributed by atoms with van der Waals surface area (Å²) in [4.78, 5) is 4.72. The molecule has 1 unspecified atom stereocenters. The van der Waals surface area contributed by atoms with E-state index in [0.29, 0.717) is 6.61 Å². The number of aromatic nitrogens is 1. The first-order valence-electron chi connectivity index (χ1n) is 11.5. The predicted molar refractivity (Wildman–Crippen MR) is 128 cm³/mol. The fraction of sp³-hybridized carbons (Fsp3) is 0.444. The lowest BCUT2D eigenvalue weighted by Gasteiger charge is -2.16. The van der Waals surface area contributed by atoms with Gasteiger partial charge in [0.25, 0.3) is 0 Å². The van der Waals surface area contributed by atoms with Gasteiger partial charge in [0.2, 0.25) is 5.90 Å². The van der Waals surface area contributed by atoms with E-state index >= 15 is 0 Å². The Morgan fingerprint density at radius 2 is 1.97 bits per heavy atom. The van der Waals surface area contributed by atoms with Gasteiger partial charge < -0.3 is 14.4 Å². The summed E-state index contributed by atoms with van der Waals surface area (Å²) >= 11 is 0. The first kappa shape index (κ1) is 21.6. The molecule has 0 fully saturated rings. The van der Waals surface area contributed by atoms with Crippen molar-refractivity contribution in [2.75, 3.05) is 6.61 Å². The quantitative estimate of drug-likeness (QED) is 0.490. The molecule has 4 rings (SSSR count). The fourth-order valence-electron chi connectivity index (χ4n) is 4.39. The predicted octanol–water partition coefficient (Wildman–Crippen LogP) is 5.97. The number of unbranched alkanes of at least 4 members (excludes halogenated alkanes) is 1. The molecule has 1 N–H and O–H groups in total. The van der Waals surface area contributed by atoms with E-state index < -0.39 is 6.10 Å². The van der Waals surface area contributed by atoms with Crippen molar-refractivity contribution in [3.8, 4) is 0 Å². The van der Waals surface area contributed by atoms with Crippen molar-refractivity contribution in [1.29, 1.82) is 0 Å². The summed E-state index contributed by atoms with van der Waals surface area (Å²) < 4.78 is 8.13. The minimum absolute atomic E-state index is 0.148. The highest BCUT2D eigenvalue weighted by atomic mass is 16.5. The van der Waals surface area contributed by atoms with Crippen LogP contribution in [0.15, 0.2) is 53.5 Å². The Balaban J connectivity index is 1.56. The molecular weight excluding hydrogens is 384 g/mol. The number of hydrogen-bond acceptors (Lipinski definition) is 3. The van der Waals surface area contributed by atoms with Crippen LogP contribution in [0, 0.1) is 6.92 Å². The number of aliphatic hydroxyl groups excluding tert-OH is 1. The van der Waals surface area contributed by atoms with Crippen molar-refractivity contribution >= 4 is 16.8 Å². The first-order valence-corrected chi connectivity index (χ1v) is 11.5. The summed E-state index contributed by atoms with van der Waals surface area (Å²) in [6, 6.07) is 17.1. The average Bonchev–Trinajstić information content (AvgIpc) is 3.30. The van der Waals surface area contributed by atoms with Crippen LogP contribution in [-0.2, 0) is 17.7 Å². The minimum Gasteiger partial charge on any atom is -0.475 e. The van der Waals surface area contributed by atoms with E-state index in [1.165, 1.54) is 22.0 Å². The van der Waals surface area contributed by atoms with E-state index in [0.717, 1.165) is 49.4 Å². The lowest BCUT2D eigenvalue weighted by atomic mass is 10.0. The van der Waals surface area contributed by atoms with Crippen molar-refractivity contribution in [3.63, 3.8) is 0 Å². The first-order chi connectivity index (χ1) is 14.9. The third kappa shape index (κ3) is 4.69. The number of aliphatic hydroxyl groups is 1. The number of fused-ring (bicyclic) bond motifs is 1. The summed E-state index contributed by atoms with van der Waals surface area (Å²) in [7, 11) is 0. The normalized spacial score (nSPS) is 16.4. The van der Waals surface area contributed by atoms with Crippen LogP contribution in [0.3, 0.4) is 0 Å². The van der Waals surface area contributed by atoms with Gasteiger partial charge in [-0.2, -0.15) is 0 Å². The SMILES string of the molecule is CCCCC(O)c1cc2ccccc2n1CCc1ccc(C2=NC(C)(C)CO2)c(C)c1. The van der Waals surface area contributed by atoms with E-state index in [1.807, 2.05) is 0 Å². The highest BCUT2D eigenvalue weighted by Crippen LogP contribution is 2.28. The van der Waals surface area contributed by atoms with E-state index in [-0.39, 0.29) is 5.54 Å². The van der Waals surface area contributed by atoms with Gasteiger partial charge >= 0.3 is 0 Å². The topological polar surface area (TPSA) is 46.8 Å². The molecule has 3 aromatic rings. The molecule has 0 radical (unpaired) electrons. The molecule has 164 valence electrons. The zero-order chi connectivity index (χ0) is 22.0. The van der Waals surface area contributed by atoms with Gasteiger partial charge in [0.15, 0.2) is 0 Å². The molecule has 0 bridgehead atoms. The van der Waals surface area contributed by atoms with Gasteiger partial charge in [-0.1, -0.05) is 50.1 Å². The number of ether oxygens (including phenoxy) is 1. The van der Waals surface area contributed by atoms with Gasteiger partial charge in [-0.05, 0) is 68.3 Å². The summed E-state index contributed by atoms with van der Waals surface area (Å²) in [5, 5.41) is 12.0. The summed E-state index contributed by atoms with van der Waals surface area (Å²) in [5.41, 5.74) is 5.62. The van der Waals surface area contributed by atoms with Gasteiger partial charge in [0, 0.05) is 23.3 Å². The Labute approximate surface area is 185 Å². The van der Waals surface area contributed by atoms with Gasteiger partial charge in [-0.15, -0.1) is 0 Å². The second-order valence-corrected chi connectivity index (χ2v) is 9.36. The minimum atomic E-state index is -0.419. The molecule has 2 heterocycles. The van der Waals surface area contributed by atoms with Crippen molar-refractivity contribution < 1.29 is 9.84 Å². The highest BCUT2D eigenvalue weighted by Gasteiger charge is 2.27. The molecule has 31 heavy (non-hydrogen) atoms. The van der Waals surface area contributed by atoms with Crippen molar-refractivity contribution in [2.45, 2.75) is 71.6 Å². The highest BCUT2D eigenvalue weighted by molar-refractivity contribution is 5.96. The van der Waals surface area contributed by atoms with Crippen LogP contribution in [0.25, 0.3) is 10.9 Å². The van der Waals surface area contributed by atoms with Crippen LogP contribution in [0.2, 0.25) is 0 Å². The zero-order valence-electron chi connectivity index (χ0n) is 19.2. The molecule has 0 aliphatic carbocycles. The second kappa shape index (κ2) is 8.88. The van der Waals surface area contributed by atoms with Crippen LogP contribution in [0.5, 0.6) is 0 Å². The lowest BCUT2D eigenvalue weighted by molar-refractivity contribution is 0.155. The van der Waals surface area contributed by atoms with Gasteiger partial charge in [0.1, 0.15) is 6.61 Å². The van der Waals surface area contributed by atoms with Gasteiger partial charge in [-0.3, -0.25) is 0 Å². The number of aryl methyl sites for hydroxylation is 3. The number of hydrogen-bond donors (Lipinski definition) is 1. The Hall–Kier alpha value is -2.59. The van der Waals surface area contributed by atoms with Crippen LogP contribution in [-0.4, -0.2) is 27.7 Å². The van der Waals surface area contributed by atoms with E-state index in [9.17, 15) is 5.11 Å². The third-order valence-corrected chi connectivity index (χ3v) is 6.13. The average molecular weight is 419 g/mol. The molecule has 0 saturated heterocycles. The number of para-hydroxylation sites is 1. The van der Waals surface area contributed by atoms with E-state index in [1.54, 1.807) is 0 Å². The van der Waals surface area contributed by atoms with Crippen molar-refractivity contribution in [2.24, 2.45) is 4.99 Å². The number of aliphatic imine (C=N–C) groups is 1. The monoisotopic (exact) mass is 418 g/mol. The fourth-order valence-corrected chi connectivity index (χ4v) is 4.39. The van der Waals surface area contributed by atoms with E-state index in [2.05, 4.69) is 80.8 Å². The number of nitrogens with zero attached hydrogens (tertiary/aromatic N) is 2. The molecular formula is C27H34N2O2. The second-order valence-electron chi connectivity index (χ2n) is 9.36. The molecule has 1 atom stereocenters. The molecule has 0 spiro atoms. The molecule has 1 aliphatic rings. The molecule has 4 nitrogen and oxygen atoms in total. The van der Waals surface area contributed by atoms with Crippen LogP contribution >= 0.6 is 0 Å². The maximum atomic E-state index is 10.8. The molecule has 4 heteroatoms. The molecule has 0 saturated carbocycles. The molecule has 2 aromatic carbocycles. The maximum absolute atomic E-state index is 10.8. The number of benzene rings is 2. The largest absolute Gasteiger partial charge is 0.475 e. The Morgan fingerprint density at radius 3 is 2.68 bits per heavy atom. The maximum Gasteiger partial charge on any atom is 0.217 e. The third-order valence-electron chi connectivity index (χ3n) is 6.13. The van der Waals surface area contributed by atoms with Gasteiger partial charge in [0.05, 0.1) is 11.6 Å². The van der Waals surface area contributed by atoms with Crippen molar-refractivity contribution in [1.82, 2.24) is 4.57 Å². The summed E-state index contributed by atoms with van der Waals surface area (Å²) in [6.45, 7) is 9.95. The van der Waals surface area contributed by atoms with Crippen LogP contribution in [0.4, 0.5) is 0 Å². The Kier molecular flexibility index (Phi) is 6.19. The zero-order valence-corrected chi connectivity index (χ0v) is 19.2. The van der Waals surface area contributed by atoms with Gasteiger partial charge in [-0.25, -0.2) is 4.99 Å². The summed E-state index contributed by atoms with van der Waals surface area (Å²) in [5.74, 6) is 0.756. The smallest absolute Gasteiger partial charge is 0.217 e. The van der Waals surface area contributed by atoms with E-state index in [4.69, 9.17) is 9.73 Å². The van der Waals surface area contributed by atoms with Crippen LogP contribution < -0.4 is 0 Å². The van der Waals surface area contributed by atoms with Crippen LogP contribution in [0.1, 0.15) is 68.5 Å². The lowest BCUT2D eigenvalue weighted by Crippen LogP contribution is -2.17. The molecule has 1 aromatic heterocycles. The van der Waals surface area contributed by atoms with Crippen molar-refractivity contribution in [3.05, 3.63) is 70.9 Å². The Morgan fingerprint density at radius 1 is 1.16 bits per heavy atom. The Bertz CT molecular complexity index is 1090. The summed E-state index contributed by atoms with van der Waals surface area (Å²) in [6.07, 6.45) is 3.42. The standard InChI is InChI=1S/C27H34N2O2/c1-5-6-11-25(30)24-17-21-9-7-8-10-23(21)29(24)15-14-20-12-13-22(19(2)16-20)26-28-27(3,4)18-31-26/h7-10,12-13,16-17,25,30H,5-6,11,14-15,18H2,1-4H3. The molecule has 1 aliphatic heterocycles. The number of rotatable bonds is 8.